The molecule has 1 saturated heterocycles. The Labute approximate surface area is 219 Å². The first-order valence-electron chi connectivity index (χ1n) is 12.7. The Kier molecular flexibility index (Phi) is 9.76. The summed E-state index contributed by atoms with van der Waals surface area (Å²) in [6.07, 6.45) is 3.66. The molecule has 10 nitrogen and oxygen atoms in total. The maximum atomic E-state index is 14.6. The van der Waals surface area contributed by atoms with Gasteiger partial charge in [-0.25, -0.2) is 18.4 Å². The standard InChI is InChI=1S/C26H33F2N3O7/c1-14(2)13-38-26(37)29-16-10-17(12-32)31(11-16)24(34)22(15-6-4-3-5-7-15)30-23(33)20-18(27)8-9-19(28)21(20)25(35)36/h8-9,12,14-17,22H,3-7,10-11,13H2,1-2H3,(H,29,37)(H,30,33)(H,35,36)/t16-,17+,22+/m1/s1. The van der Waals surface area contributed by atoms with Crippen molar-refractivity contribution in [3.05, 3.63) is 34.9 Å². The van der Waals surface area contributed by atoms with Crippen molar-refractivity contribution in [1.29, 1.82) is 0 Å². The molecule has 2 aliphatic rings. The Morgan fingerprint density at radius 3 is 2.32 bits per heavy atom. The number of carboxylic acid groups (broad SMARTS) is 1. The highest BCUT2D eigenvalue weighted by Crippen LogP contribution is 2.30. The topological polar surface area (TPSA) is 142 Å². The maximum Gasteiger partial charge on any atom is 0.407 e. The van der Waals surface area contributed by atoms with Gasteiger partial charge in [-0.2, -0.15) is 0 Å². The minimum atomic E-state index is -1.83. The number of halogens is 2. The molecule has 1 saturated carbocycles. The van der Waals surface area contributed by atoms with E-state index in [0.717, 1.165) is 19.3 Å². The molecule has 1 aliphatic carbocycles. The largest absolute Gasteiger partial charge is 0.478 e. The summed E-state index contributed by atoms with van der Waals surface area (Å²) < 4.78 is 33.9. The van der Waals surface area contributed by atoms with Crippen LogP contribution in [-0.2, 0) is 14.3 Å². The Hall–Kier alpha value is -3.57. The minimum Gasteiger partial charge on any atom is -0.478 e. The van der Waals surface area contributed by atoms with Crippen molar-refractivity contribution in [2.24, 2.45) is 11.8 Å². The Bertz CT molecular complexity index is 1080. The van der Waals surface area contributed by atoms with Gasteiger partial charge >= 0.3 is 12.1 Å². The predicted octanol–water partition coefficient (Wildman–Crippen LogP) is 2.89. The first kappa shape index (κ1) is 29.0. The number of benzene rings is 1. The van der Waals surface area contributed by atoms with E-state index in [1.807, 2.05) is 13.8 Å². The van der Waals surface area contributed by atoms with Crippen molar-refractivity contribution < 1.29 is 42.6 Å². The van der Waals surface area contributed by atoms with Gasteiger partial charge in [0.1, 0.15) is 29.5 Å². The number of likely N-dealkylation sites (tertiary alicyclic amines) is 1. The molecule has 3 N–H and O–H groups in total. The summed E-state index contributed by atoms with van der Waals surface area (Å²) in [4.78, 5) is 63.6. The normalized spacial score (nSPS) is 20.6. The number of alkyl carbamates (subject to hydrolysis) is 1. The van der Waals surface area contributed by atoms with E-state index in [1.165, 1.54) is 4.90 Å². The van der Waals surface area contributed by atoms with Gasteiger partial charge in [0.2, 0.25) is 5.91 Å². The van der Waals surface area contributed by atoms with Gasteiger partial charge in [0, 0.05) is 6.54 Å². The molecule has 208 valence electrons. The number of amides is 3. The van der Waals surface area contributed by atoms with Crippen molar-refractivity contribution in [2.75, 3.05) is 13.2 Å². The maximum absolute atomic E-state index is 14.6. The summed E-state index contributed by atoms with van der Waals surface area (Å²) in [6.45, 7) is 3.93. The summed E-state index contributed by atoms with van der Waals surface area (Å²) in [5.74, 6) is -6.45. The fourth-order valence-corrected chi connectivity index (χ4v) is 5.03. The van der Waals surface area contributed by atoms with Crippen LogP contribution in [0.2, 0.25) is 0 Å². The molecule has 12 heteroatoms. The number of aromatic carboxylic acids is 1. The molecule has 3 rings (SSSR count). The zero-order chi connectivity index (χ0) is 28.0. The molecule has 0 spiro atoms. The van der Waals surface area contributed by atoms with Crippen molar-refractivity contribution in [1.82, 2.24) is 15.5 Å². The number of hydrogen-bond donors (Lipinski definition) is 3. The number of nitrogens with one attached hydrogen (secondary N) is 2. The average molecular weight is 538 g/mol. The molecule has 0 unspecified atom stereocenters. The first-order valence-corrected chi connectivity index (χ1v) is 12.7. The van der Waals surface area contributed by atoms with Crippen LogP contribution in [0.4, 0.5) is 13.6 Å². The molecule has 1 aromatic rings. The fraction of sp³-hybridized carbons (Fsp3) is 0.577. The number of carbonyl (C=O) groups is 5. The fourth-order valence-electron chi connectivity index (χ4n) is 5.03. The molecule has 3 atom stereocenters. The number of carbonyl (C=O) groups excluding carboxylic acids is 4. The first-order chi connectivity index (χ1) is 18.0. The van der Waals surface area contributed by atoms with Crippen LogP contribution in [0.3, 0.4) is 0 Å². The third kappa shape index (κ3) is 6.84. The van der Waals surface area contributed by atoms with Gasteiger partial charge in [-0.1, -0.05) is 33.1 Å². The van der Waals surface area contributed by atoms with Crippen molar-refractivity contribution in [3.63, 3.8) is 0 Å². The third-order valence-corrected chi connectivity index (χ3v) is 6.87. The molecule has 0 bridgehead atoms. The second-order valence-electron chi connectivity index (χ2n) is 10.2. The molecule has 0 radical (unpaired) electrons. The van der Waals surface area contributed by atoms with Crippen LogP contribution in [0, 0.1) is 23.5 Å². The SMILES string of the molecule is CC(C)COC(=O)N[C@@H]1C[C@@H](C=O)N(C(=O)[C@@H](NC(=O)c2c(F)ccc(F)c2C(=O)O)C2CCCCC2)C1. The third-order valence-electron chi connectivity index (χ3n) is 6.87. The lowest BCUT2D eigenvalue weighted by atomic mass is 9.83. The second kappa shape index (κ2) is 12.8. The number of nitrogens with zero attached hydrogens (tertiary/aromatic N) is 1. The highest BCUT2D eigenvalue weighted by atomic mass is 19.1. The molecular formula is C26H33F2N3O7. The van der Waals surface area contributed by atoms with Crippen molar-refractivity contribution in [3.8, 4) is 0 Å². The van der Waals surface area contributed by atoms with Crippen LogP contribution >= 0.6 is 0 Å². The zero-order valence-corrected chi connectivity index (χ0v) is 21.4. The minimum absolute atomic E-state index is 0.0210. The quantitative estimate of drug-likeness (QED) is 0.411. The van der Waals surface area contributed by atoms with Crippen molar-refractivity contribution in [2.45, 2.75) is 70.5 Å². The number of rotatable bonds is 9. The van der Waals surface area contributed by atoms with Gasteiger partial charge in [0.05, 0.1) is 24.3 Å². The van der Waals surface area contributed by atoms with Gasteiger partial charge in [0.25, 0.3) is 5.91 Å². The zero-order valence-electron chi connectivity index (χ0n) is 21.4. The summed E-state index contributed by atoms with van der Waals surface area (Å²) >= 11 is 0. The van der Waals surface area contributed by atoms with E-state index in [2.05, 4.69) is 10.6 Å². The summed E-state index contributed by atoms with van der Waals surface area (Å²) in [6, 6.07) is -1.41. The molecule has 0 aromatic heterocycles. The van der Waals surface area contributed by atoms with Gasteiger partial charge in [-0.05, 0) is 43.2 Å². The number of ether oxygens (including phenoxy) is 1. The van der Waals surface area contributed by atoms with Gasteiger partial charge in [0.15, 0.2) is 0 Å². The molecular weight excluding hydrogens is 504 g/mol. The molecule has 38 heavy (non-hydrogen) atoms. The van der Waals surface area contributed by atoms with E-state index in [4.69, 9.17) is 4.74 Å². The van der Waals surface area contributed by atoms with E-state index < -0.39 is 64.8 Å². The lowest BCUT2D eigenvalue weighted by Crippen LogP contribution is -2.54. The Balaban J connectivity index is 1.84. The van der Waals surface area contributed by atoms with Gasteiger partial charge in [-0.15, -0.1) is 0 Å². The van der Waals surface area contributed by atoms with E-state index in [-0.39, 0.29) is 31.4 Å². The number of aldehydes is 1. The molecule has 2 fully saturated rings. The highest BCUT2D eigenvalue weighted by molar-refractivity contribution is 6.06. The van der Waals surface area contributed by atoms with Crippen molar-refractivity contribution >= 4 is 30.2 Å². The lowest BCUT2D eigenvalue weighted by molar-refractivity contribution is -0.138. The van der Waals surface area contributed by atoms with E-state index >= 15 is 0 Å². The Morgan fingerprint density at radius 1 is 1.11 bits per heavy atom. The van der Waals surface area contributed by atoms with Crippen LogP contribution in [0.15, 0.2) is 12.1 Å². The monoisotopic (exact) mass is 537 g/mol. The molecule has 1 aliphatic heterocycles. The van der Waals surface area contributed by atoms with E-state index in [0.29, 0.717) is 31.3 Å². The number of hydrogen-bond acceptors (Lipinski definition) is 6. The molecule has 1 aromatic carbocycles. The lowest BCUT2D eigenvalue weighted by Gasteiger charge is -2.34. The van der Waals surface area contributed by atoms with Gasteiger partial charge in [-0.3, -0.25) is 9.59 Å². The van der Waals surface area contributed by atoms with Crippen LogP contribution < -0.4 is 10.6 Å². The second-order valence-corrected chi connectivity index (χ2v) is 10.2. The predicted molar refractivity (Wildman–Crippen MR) is 130 cm³/mol. The summed E-state index contributed by atoms with van der Waals surface area (Å²) in [7, 11) is 0. The Morgan fingerprint density at radius 2 is 1.74 bits per heavy atom. The van der Waals surface area contributed by atoms with E-state index in [1.54, 1.807) is 0 Å². The van der Waals surface area contributed by atoms with Crippen LogP contribution in [-0.4, -0.2) is 71.4 Å². The van der Waals surface area contributed by atoms with Crippen LogP contribution in [0.5, 0.6) is 0 Å². The molecule has 1 heterocycles. The summed E-state index contributed by atoms with van der Waals surface area (Å²) in [5.41, 5.74) is -2.14. The number of carboxylic acids is 1. The van der Waals surface area contributed by atoms with Gasteiger partial charge < -0.3 is 30.2 Å². The highest BCUT2D eigenvalue weighted by Gasteiger charge is 2.42. The summed E-state index contributed by atoms with van der Waals surface area (Å²) in [5, 5.41) is 14.5. The van der Waals surface area contributed by atoms with Crippen LogP contribution in [0.1, 0.15) is 73.1 Å². The molecule has 3 amide bonds. The average Bonchev–Trinajstić information content (AvgIpc) is 3.29. The van der Waals surface area contributed by atoms with Crippen LogP contribution in [0.25, 0.3) is 0 Å². The smallest absolute Gasteiger partial charge is 0.407 e. The van der Waals surface area contributed by atoms with E-state index in [9.17, 15) is 37.9 Å².